The van der Waals surface area contributed by atoms with E-state index in [0.29, 0.717) is 17.9 Å². The minimum atomic E-state index is -0.359. The summed E-state index contributed by atoms with van der Waals surface area (Å²) in [6.45, 7) is 2.54. The van der Waals surface area contributed by atoms with Crippen LogP contribution in [0.1, 0.15) is 31.4 Å². The molecule has 1 atom stereocenters. The van der Waals surface area contributed by atoms with Gasteiger partial charge in [0.2, 0.25) is 5.82 Å². The van der Waals surface area contributed by atoms with Crippen LogP contribution in [0.2, 0.25) is 0 Å². The van der Waals surface area contributed by atoms with Gasteiger partial charge in [0.25, 0.3) is 0 Å². The first-order chi connectivity index (χ1) is 9.06. The Morgan fingerprint density at radius 3 is 2.89 bits per heavy atom. The molecule has 1 N–H and O–H groups in total. The van der Waals surface area contributed by atoms with Gasteiger partial charge in [0.1, 0.15) is 5.69 Å². The third kappa shape index (κ3) is 2.56. The van der Waals surface area contributed by atoms with Crippen molar-refractivity contribution < 1.29 is 10.0 Å². The molecule has 1 aliphatic heterocycles. The van der Waals surface area contributed by atoms with E-state index in [1.807, 2.05) is 4.90 Å². The molecule has 0 aromatic carbocycles. The maximum atomic E-state index is 11.2. The molecule has 2 rings (SSSR count). The van der Waals surface area contributed by atoms with Crippen molar-refractivity contribution in [2.24, 2.45) is 7.05 Å². The number of nitro groups is 1. The second kappa shape index (κ2) is 5.56. The highest BCUT2D eigenvalue weighted by molar-refractivity contribution is 5.62. The minimum Gasteiger partial charge on any atom is -0.396 e. The molecule has 7 nitrogen and oxygen atoms in total. The molecular weight excluding hydrogens is 248 g/mol. The summed E-state index contributed by atoms with van der Waals surface area (Å²) >= 11 is 0. The molecular formula is C12H20N4O3. The van der Waals surface area contributed by atoms with E-state index in [-0.39, 0.29) is 23.3 Å². The number of rotatable bonds is 4. The normalized spacial score (nSPS) is 19.7. The summed E-state index contributed by atoms with van der Waals surface area (Å²) in [5, 5.41) is 24.6. The first-order valence-electron chi connectivity index (χ1n) is 6.61. The maximum absolute atomic E-state index is 11.2. The summed E-state index contributed by atoms with van der Waals surface area (Å²) in [7, 11) is 1.74. The largest absolute Gasteiger partial charge is 0.396 e. The van der Waals surface area contributed by atoms with Crippen molar-refractivity contribution in [3.8, 4) is 0 Å². The van der Waals surface area contributed by atoms with Gasteiger partial charge >= 0.3 is 5.69 Å². The number of anilines is 1. The summed E-state index contributed by atoms with van der Waals surface area (Å²) in [5.74, 6) is 0.570. The number of hydrogen-bond donors (Lipinski definition) is 1. The first kappa shape index (κ1) is 13.8. The van der Waals surface area contributed by atoms with E-state index in [2.05, 4.69) is 5.10 Å². The van der Waals surface area contributed by atoms with E-state index < -0.39 is 0 Å². The van der Waals surface area contributed by atoms with Crippen molar-refractivity contribution in [2.45, 2.75) is 38.6 Å². The number of aliphatic hydroxyl groups excluding tert-OH is 1. The lowest BCUT2D eigenvalue weighted by Gasteiger charge is -2.36. The van der Waals surface area contributed by atoms with E-state index in [1.165, 1.54) is 0 Å². The Labute approximate surface area is 112 Å². The molecule has 1 aliphatic rings. The smallest absolute Gasteiger partial charge is 0.333 e. The van der Waals surface area contributed by atoms with Crippen molar-refractivity contribution in [2.75, 3.05) is 18.1 Å². The molecule has 2 heterocycles. The minimum absolute atomic E-state index is 0.0901. The molecule has 0 aliphatic carbocycles. The lowest BCUT2D eigenvalue weighted by molar-refractivity contribution is -0.384. The standard InChI is InChI=1S/C12H20N4O3/c1-9-11(16(18)19)12(14(2)13-9)15-7-4-3-5-10(15)6-8-17/h10,17H,3-8H2,1-2H3. The number of nitrogens with zero attached hydrogens (tertiary/aromatic N) is 4. The Morgan fingerprint density at radius 1 is 1.53 bits per heavy atom. The second-order valence-electron chi connectivity index (χ2n) is 4.99. The highest BCUT2D eigenvalue weighted by Crippen LogP contribution is 2.35. The molecule has 0 saturated carbocycles. The molecule has 1 saturated heterocycles. The van der Waals surface area contributed by atoms with Crippen molar-refractivity contribution >= 4 is 11.5 Å². The Balaban J connectivity index is 2.41. The number of aliphatic hydroxyl groups is 1. The fraction of sp³-hybridized carbons (Fsp3) is 0.750. The van der Waals surface area contributed by atoms with Gasteiger partial charge in [0, 0.05) is 26.2 Å². The highest BCUT2D eigenvalue weighted by atomic mass is 16.6. The highest BCUT2D eigenvalue weighted by Gasteiger charge is 2.33. The first-order valence-corrected chi connectivity index (χ1v) is 6.61. The fourth-order valence-corrected chi connectivity index (χ4v) is 2.90. The summed E-state index contributed by atoms with van der Waals surface area (Å²) in [5.41, 5.74) is 0.531. The van der Waals surface area contributed by atoms with Gasteiger partial charge in [-0.05, 0) is 32.6 Å². The average Bonchev–Trinajstić information content (AvgIpc) is 2.65. The second-order valence-corrected chi connectivity index (χ2v) is 4.99. The molecule has 0 spiro atoms. The molecule has 0 radical (unpaired) electrons. The van der Waals surface area contributed by atoms with Gasteiger partial charge in [-0.3, -0.25) is 10.1 Å². The van der Waals surface area contributed by atoms with Crippen LogP contribution < -0.4 is 4.90 Å². The van der Waals surface area contributed by atoms with Crippen LogP contribution in [0.15, 0.2) is 0 Å². The van der Waals surface area contributed by atoms with Crippen molar-refractivity contribution in [1.82, 2.24) is 9.78 Å². The van der Waals surface area contributed by atoms with Crippen LogP contribution in [0.25, 0.3) is 0 Å². The number of piperidine rings is 1. The van der Waals surface area contributed by atoms with Crippen molar-refractivity contribution in [3.63, 3.8) is 0 Å². The number of aryl methyl sites for hydroxylation is 2. The van der Waals surface area contributed by atoms with Gasteiger partial charge in [0.15, 0.2) is 0 Å². The number of hydrogen-bond acceptors (Lipinski definition) is 5. The third-order valence-corrected chi connectivity index (χ3v) is 3.71. The van der Waals surface area contributed by atoms with Crippen LogP contribution in [0.3, 0.4) is 0 Å². The summed E-state index contributed by atoms with van der Waals surface area (Å²) < 4.78 is 1.59. The zero-order valence-electron chi connectivity index (χ0n) is 11.4. The molecule has 1 unspecified atom stereocenters. The van der Waals surface area contributed by atoms with E-state index in [1.54, 1.807) is 18.7 Å². The van der Waals surface area contributed by atoms with E-state index in [4.69, 9.17) is 5.11 Å². The molecule has 106 valence electrons. The van der Waals surface area contributed by atoms with Gasteiger partial charge in [-0.2, -0.15) is 5.10 Å². The predicted molar refractivity (Wildman–Crippen MR) is 71.3 cm³/mol. The van der Waals surface area contributed by atoms with Crippen molar-refractivity contribution in [1.29, 1.82) is 0 Å². The molecule has 0 amide bonds. The monoisotopic (exact) mass is 268 g/mol. The Morgan fingerprint density at radius 2 is 2.26 bits per heavy atom. The summed E-state index contributed by atoms with van der Waals surface area (Å²) in [4.78, 5) is 12.9. The van der Waals surface area contributed by atoms with E-state index in [9.17, 15) is 10.1 Å². The van der Waals surface area contributed by atoms with Gasteiger partial charge in [-0.1, -0.05) is 0 Å². The van der Waals surface area contributed by atoms with Crippen LogP contribution in [0, 0.1) is 17.0 Å². The lowest BCUT2D eigenvalue weighted by atomic mass is 9.99. The molecule has 7 heteroatoms. The number of aromatic nitrogens is 2. The molecule has 1 aromatic heterocycles. The Kier molecular flexibility index (Phi) is 4.04. The van der Waals surface area contributed by atoms with Gasteiger partial charge < -0.3 is 10.0 Å². The molecule has 19 heavy (non-hydrogen) atoms. The van der Waals surface area contributed by atoms with Gasteiger partial charge in [-0.15, -0.1) is 0 Å². The van der Waals surface area contributed by atoms with E-state index in [0.717, 1.165) is 25.8 Å². The van der Waals surface area contributed by atoms with Gasteiger partial charge in [-0.25, -0.2) is 4.68 Å². The lowest BCUT2D eigenvalue weighted by Crippen LogP contribution is -2.41. The maximum Gasteiger partial charge on any atom is 0.333 e. The SMILES string of the molecule is Cc1nn(C)c(N2CCCCC2CCO)c1[N+](=O)[O-]. The van der Waals surface area contributed by atoms with Crippen LogP contribution in [-0.4, -0.2) is 39.0 Å². The molecule has 1 fully saturated rings. The van der Waals surface area contributed by atoms with Crippen LogP contribution in [-0.2, 0) is 7.05 Å². The summed E-state index contributed by atoms with van der Waals surface area (Å²) in [6.07, 6.45) is 3.72. The average molecular weight is 268 g/mol. The van der Waals surface area contributed by atoms with E-state index >= 15 is 0 Å². The third-order valence-electron chi connectivity index (χ3n) is 3.71. The van der Waals surface area contributed by atoms with Gasteiger partial charge in [0.05, 0.1) is 4.92 Å². The Bertz CT molecular complexity index is 470. The van der Waals surface area contributed by atoms with Crippen LogP contribution >= 0.6 is 0 Å². The predicted octanol–water partition coefficient (Wildman–Crippen LogP) is 1.38. The quantitative estimate of drug-likeness (QED) is 0.658. The Hall–Kier alpha value is -1.63. The summed E-state index contributed by atoms with van der Waals surface area (Å²) in [6, 6.07) is 0.159. The zero-order chi connectivity index (χ0) is 14.0. The molecule has 1 aromatic rings. The topological polar surface area (TPSA) is 84.4 Å². The van der Waals surface area contributed by atoms with Crippen LogP contribution in [0.5, 0.6) is 0 Å². The zero-order valence-corrected chi connectivity index (χ0v) is 11.4. The molecule has 0 bridgehead atoms. The van der Waals surface area contributed by atoms with Crippen LogP contribution in [0.4, 0.5) is 11.5 Å². The fourth-order valence-electron chi connectivity index (χ4n) is 2.90. The van der Waals surface area contributed by atoms with Crippen molar-refractivity contribution in [3.05, 3.63) is 15.8 Å².